The predicted molar refractivity (Wildman–Crippen MR) is 98.0 cm³/mol. The number of likely N-dealkylation sites (N-methyl/N-ethyl adjacent to an activating group) is 1. The van der Waals surface area contributed by atoms with Gasteiger partial charge in [-0.2, -0.15) is 0 Å². The van der Waals surface area contributed by atoms with Gasteiger partial charge in [0.25, 0.3) is 0 Å². The zero-order valence-electron chi connectivity index (χ0n) is 15.2. The first-order valence-corrected chi connectivity index (χ1v) is 8.75. The van der Waals surface area contributed by atoms with E-state index in [1.54, 1.807) is 7.05 Å². The van der Waals surface area contributed by atoms with Crippen LogP contribution in [0.2, 0.25) is 0 Å². The van der Waals surface area contributed by atoms with Gasteiger partial charge in [0, 0.05) is 26.2 Å². The molecule has 3 N–H and O–H groups in total. The van der Waals surface area contributed by atoms with Gasteiger partial charge in [-0.3, -0.25) is 9.69 Å². The molecule has 2 rings (SSSR count). The van der Waals surface area contributed by atoms with Crippen LogP contribution in [0.3, 0.4) is 0 Å². The van der Waals surface area contributed by atoms with Gasteiger partial charge in [-0.25, -0.2) is 4.79 Å². The largest absolute Gasteiger partial charge is 0.492 e. The Labute approximate surface area is 149 Å². The molecular formula is C18H28N4O3. The minimum Gasteiger partial charge on any atom is -0.492 e. The summed E-state index contributed by atoms with van der Waals surface area (Å²) >= 11 is 0. The molecule has 0 aromatic heterocycles. The molecule has 1 aromatic carbocycles. The maximum absolute atomic E-state index is 12.3. The second-order valence-electron chi connectivity index (χ2n) is 6.25. The van der Waals surface area contributed by atoms with E-state index in [1.165, 1.54) is 0 Å². The molecule has 1 aliphatic heterocycles. The van der Waals surface area contributed by atoms with Crippen LogP contribution in [-0.2, 0) is 4.79 Å². The number of rotatable bonds is 6. The number of piperidine rings is 1. The van der Waals surface area contributed by atoms with Crippen molar-refractivity contribution in [3.63, 3.8) is 0 Å². The average Bonchev–Trinajstić information content (AvgIpc) is 2.59. The summed E-state index contributed by atoms with van der Waals surface area (Å²) in [5, 5.41) is 8.51. The number of carbonyl (C=O) groups excluding carboxylic acids is 2. The summed E-state index contributed by atoms with van der Waals surface area (Å²) in [4.78, 5) is 25.8. The highest BCUT2D eigenvalue weighted by Gasteiger charge is 2.22. The lowest BCUT2D eigenvalue weighted by atomic mass is 10.1. The predicted octanol–water partition coefficient (Wildman–Crippen LogP) is 1.73. The second-order valence-corrected chi connectivity index (χ2v) is 6.25. The fourth-order valence-corrected chi connectivity index (χ4v) is 2.87. The summed E-state index contributed by atoms with van der Waals surface area (Å²) in [6.45, 7) is 6.46. The second kappa shape index (κ2) is 9.27. The van der Waals surface area contributed by atoms with Crippen LogP contribution in [-0.4, -0.2) is 56.2 Å². The van der Waals surface area contributed by atoms with Crippen molar-refractivity contribution in [3.8, 4) is 5.75 Å². The standard InChI is InChI=1S/C18H28N4O3/c1-4-25-16-11-13(2)5-6-15(16)21-18(24)20-14-7-9-22(10-8-14)12-17(23)19-3/h5-6,11,14H,4,7-10,12H2,1-3H3,(H,19,23)(H2,20,21,24). The van der Waals surface area contributed by atoms with Crippen LogP contribution < -0.4 is 20.7 Å². The van der Waals surface area contributed by atoms with Crippen LogP contribution in [0.5, 0.6) is 5.75 Å². The van der Waals surface area contributed by atoms with E-state index in [4.69, 9.17) is 4.74 Å². The smallest absolute Gasteiger partial charge is 0.319 e. The molecule has 138 valence electrons. The number of nitrogens with one attached hydrogen (secondary N) is 3. The first-order valence-electron chi connectivity index (χ1n) is 8.75. The number of urea groups is 1. The van der Waals surface area contributed by atoms with E-state index in [0.29, 0.717) is 24.6 Å². The molecule has 7 nitrogen and oxygen atoms in total. The SMILES string of the molecule is CCOc1cc(C)ccc1NC(=O)NC1CCN(CC(=O)NC)CC1. The summed E-state index contributed by atoms with van der Waals surface area (Å²) in [6, 6.07) is 5.59. The zero-order chi connectivity index (χ0) is 18.2. The maximum Gasteiger partial charge on any atom is 0.319 e. The van der Waals surface area contributed by atoms with Crippen LogP contribution in [0.1, 0.15) is 25.3 Å². The first-order chi connectivity index (χ1) is 12.0. The van der Waals surface area contributed by atoms with Crippen molar-refractivity contribution in [2.45, 2.75) is 32.7 Å². The molecule has 3 amide bonds. The van der Waals surface area contributed by atoms with Crippen molar-refractivity contribution in [1.29, 1.82) is 0 Å². The van der Waals surface area contributed by atoms with E-state index in [0.717, 1.165) is 31.5 Å². The Kier molecular flexibility index (Phi) is 7.06. The Hall–Kier alpha value is -2.28. The monoisotopic (exact) mass is 348 g/mol. The summed E-state index contributed by atoms with van der Waals surface area (Å²) in [7, 11) is 1.64. The highest BCUT2D eigenvalue weighted by molar-refractivity contribution is 5.91. The number of nitrogens with zero attached hydrogens (tertiary/aromatic N) is 1. The summed E-state index contributed by atoms with van der Waals surface area (Å²) in [6.07, 6.45) is 1.66. The van der Waals surface area contributed by atoms with Gasteiger partial charge in [0.05, 0.1) is 18.8 Å². The van der Waals surface area contributed by atoms with Gasteiger partial charge in [-0.1, -0.05) is 6.07 Å². The number of ether oxygens (including phenoxy) is 1. The molecule has 0 unspecified atom stereocenters. The van der Waals surface area contributed by atoms with E-state index in [2.05, 4.69) is 20.9 Å². The molecule has 25 heavy (non-hydrogen) atoms. The number of benzene rings is 1. The molecule has 1 saturated heterocycles. The van der Waals surface area contributed by atoms with Gasteiger partial charge in [-0.05, 0) is 44.4 Å². The van der Waals surface area contributed by atoms with Crippen molar-refractivity contribution in [2.75, 3.05) is 38.6 Å². The molecule has 0 spiro atoms. The molecule has 0 saturated carbocycles. The molecule has 1 aliphatic rings. The first kappa shape index (κ1) is 19.1. The Morgan fingerprint density at radius 3 is 2.64 bits per heavy atom. The molecule has 7 heteroatoms. The number of anilines is 1. The van der Waals surface area contributed by atoms with Gasteiger partial charge in [0.15, 0.2) is 0 Å². The number of hydrogen-bond acceptors (Lipinski definition) is 4. The van der Waals surface area contributed by atoms with Crippen molar-refractivity contribution >= 4 is 17.6 Å². The molecular weight excluding hydrogens is 320 g/mol. The number of carbonyl (C=O) groups is 2. The maximum atomic E-state index is 12.3. The van der Waals surface area contributed by atoms with Gasteiger partial charge >= 0.3 is 6.03 Å². The Bertz CT molecular complexity index is 598. The lowest BCUT2D eigenvalue weighted by Crippen LogP contribution is -2.48. The zero-order valence-corrected chi connectivity index (χ0v) is 15.2. The molecule has 0 radical (unpaired) electrons. The molecule has 0 aliphatic carbocycles. The molecule has 0 atom stereocenters. The van der Waals surface area contributed by atoms with Gasteiger partial charge in [-0.15, -0.1) is 0 Å². The summed E-state index contributed by atoms with van der Waals surface area (Å²) in [5.41, 5.74) is 1.75. The Morgan fingerprint density at radius 1 is 1.28 bits per heavy atom. The van der Waals surface area contributed by atoms with Crippen LogP contribution >= 0.6 is 0 Å². The van der Waals surface area contributed by atoms with Crippen LogP contribution in [0.4, 0.5) is 10.5 Å². The van der Waals surface area contributed by atoms with Crippen LogP contribution in [0.25, 0.3) is 0 Å². The van der Waals surface area contributed by atoms with Crippen molar-refractivity contribution < 1.29 is 14.3 Å². The third-order valence-electron chi connectivity index (χ3n) is 4.25. The van der Waals surface area contributed by atoms with Crippen molar-refractivity contribution in [3.05, 3.63) is 23.8 Å². The minimum atomic E-state index is -0.227. The van der Waals surface area contributed by atoms with E-state index in [9.17, 15) is 9.59 Å². The van der Waals surface area contributed by atoms with Gasteiger partial charge in [0.1, 0.15) is 5.75 Å². The minimum absolute atomic E-state index is 0.0203. The number of aryl methyl sites for hydroxylation is 1. The van der Waals surface area contributed by atoms with Crippen molar-refractivity contribution in [2.24, 2.45) is 0 Å². The molecule has 1 fully saturated rings. The number of hydrogen-bond donors (Lipinski definition) is 3. The van der Waals surface area contributed by atoms with E-state index < -0.39 is 0 Å². The van der Waals surface area contributed by atoms with Crippen LogP contribution in [0.15, 0.2) is 18.2 Å². The fraction of sp³-hybridized carbons (Fsp3) is 0.556. The average molecular weight is 348 g/mol. The topological polar surface area (TPSA) is 82.7 Å². The highest BCUT2D eigenvalue weighted by Crippen LogP contribution is 2.25. The van der Waals surface area contributed by atoms with Gasteiger partial charge in [0.2, 0.25) is 5.91 Å². The molecule has 1 aromatic rings. The lowest BCUT2D eigenvalue weighted by Gasteiger charge is -2.31. The molecule has 0 bridgehead atoms. The van der Waals surface area contributed by atoms with Gasteiger partial charge < -0.3 is 20.7 Å². The highest BCUT2D eigenvalue weighted by atomic mass is 16.5. The lowest BCUT2D eigenvalue weighted by molar-refractivity contribution is -0.122. The summed E-state index contributed by atoms with van der Waals surface area (Å²) in [5.74, 6) is 0.699. The fourth-order valence-electron chi connectivity index (χ4n) is 2.87. The van der Waals surface area contributed by atoms with E-state index >= 15 is 0 Å². The number of likely N-dealkylation sites (tertiary alicyclic amines) is 1. The quantitative estimate of drug-likeness (QED) is 0.731. The van der Waals surface area contributed by atoms with E-state index in [-0.39, 0.29) is 18.0 Å². The Morgan fingerprint density at radius 2 is 2.00 bits per heavy atom. The van der Waals surface area contributed by atoms with Crippen LogP contribution in [0, 0.1) is 6.92 Å². The Balaban J connectivity index is 1.82. The molecule has 1 heterocycles. The third-order valence-corrected chi connectivity index (χ3v) is 4.25. The normalized spacial score (nSPS) is 15.5. The summed E-state index contributed by atoms with van der Waals surface area (Å²) < 4.78 is 5.58. The third kappa shape index (κ3) is 5.94. The number of amides is 3. The van der Waals surface area contributed by atoms with E-state index in [1.807, 2.05) is 32.0 Å². The van der Waals surface area contributed by atoms with Crippen molar-refractivity contribution in [1.82, 2.24) is 15.5 Å².